The molecule has 156 valence electrons. The van der Waals surface area contributed by atoms with E-state index in [1.807, 2.05) is 6.07 Å². The first-order valence-corrected chi connectivity index (χ1v) is 10.5. The number of nitrogens with zero attached hydrogens (tertiary/aromatic N) is 2. The molecule has 1 saturated heterocycles. The maximum absolute atomic E-state index is 11.4. The Balaban J connectivity index is 1.79. The van der Waals surface area contributed by atoms with Crippen molar-refractivity contribution in [3.8, 4) is 0 Å². The van der Waals surface area contributed by atoms with Crippen LogP contribution in [0.25, 0.3) is 0 Å². The number of rotatable bonds is 9. The normalized spacial score (nSPS) is 18.7. The smallest absolute Gasteiger partial charge is 0.221 e. The van der Waals surface area contributed by atoms with Crippen LogP contribution < -0.4 is 16.4 Å². The van der Waals surface area contributed by atoms with Gasteiger partial charge in [0.15, 0.2) is 5.96 Å². The number of guanidine groups is 1. The van der Waals surface area contributed by atoms with Gasteiger partial charge in [-0.25, -0.2) is 0 Å². The molecule has 1 aliphatic heterocycles. The third kappa shape index (κ3) is 7.15. The fraction of sp³-hybridized carbons (Fsp3) is 0.636. The van der Waals surface area contributed by atoms with Gasteiger partial charge in [0.1, 0.15) is 0 Å². The van der Waals surface area contributed by atoms with E-state index in [1.54, 1.807) is 0 Å². The Morgan fingerprint density at radius 3 is 2.71 bits per heavy atom. The van der Waals surface area contributed by atoms with E-state index in [1.165, 1.54) is 5.56 Å². The number of piperidine rings is 1. The number of likely N-dealkylation sites (tertiary alicyclic amines) is 1. The molecule has 1 unspecified atom stereocenters. The Morgan fingerprint density at radius 1 is 1.29 bits per heavy atom. The molecule has 0 aromatic heterocycles. The lowest BCUT2D eigenvalue weighted by atomic mass is 9.85. The number of hydrogen-bond donors (Lipinski definition) is 3. The first kappa shape index (κ1) is 22.2. The number of hydrogen-bond acceptors (Lipinski definition) is 3. The molecule has 1 amide bonds. The molecule has 1 fully saturated rings. The van der Waals surface area contributed by atoms with Gasteiger partial charge in [-0.2, -0.15) is 0 Å². The van der Waals surface area contributed by atoms with Gasteiger partial charge in [-0.1, -0.05) is 44.2 Å². The Morgan fingerprint density at radius 2 is 2.04 bits per heavy atom. The standard InChI is InChI=1S/C22H37N5O/c1-4-24-21(26-17-22(2,3)19-11-6-5-7-12-19)25-13-9-15-27-14-8-10-18(16-27)20(23)28/h5-7,11-12,18H,4,8-10,13-17H2,1-3H3,(H2,23,28)(H2,24,25,26). The molecule has 28 heavy (non-hydrogen) atoms. The van der Waals surface area contributed by atoms with E-state index in [2.05, 4.69) is 60.6 Å². The molecule has 2 rings (SSSR count). The zero-order valence-electron chi connectivity index (χ0n) is 17.7. The van der Waals surface area contributed by atoms with Crippen LogP contribution in [0.2, 0.25) is 0 Å². The summed E-state index contributed by atoms with van der Waals surface area (Å²) in [6.07, 6.45) is 3.00. The Bertz CT molecular complexity index is 629. The summed E-state index contributed by atoms with van der Waals surface area (Å²) in [4.78, 5) is 18.6. The number of carbonyl (C=O) groups excluding carboxylic acids is 1. The van der Waals surface area contributed by atoms with Crippen LogP contribution in [0.4, 0.5) is 0 Å². The molecule has 1 aromatic rings. The summed E-state index contributed by atoms with van der Waals surface area (Å²) in [5.41, 5.74) is 6.75. The average Bonchev–Trinajstić information content (AvgIpc) is 2.70. The molecule has 0 saturated carbocycles. The summed E-state index contributed by atoms with van der Waals surface area (Å²) >= 11 is 0. The van der Waals surface area contributed by atoms with E-state index in [0.717, 1.165) is 64.5 Å². The lowest BCUT2D eigenvalue weighted by molar-refractivity contribution is -0.123. The quantitative estimate of drug-likeness (QED) is 0.344. The van der Waals surface area contributed by atoms with Gasteiger partial charge in [0, 0.05) is 25.0 Å². The van der Waals surface area contributed by atoms with Gasteiger partial charge in [0.25, 0.3) is 0 Å². The number of amides is 1. The maximum Gasteiger partial charge on any atom is 0.221 e. The summed E-state index contributed by atoms with van der Waals surface area (Å²) in [7, 11) is 0. The van der Waals surface area contributed by atoms with Crippen molar-refractivity contribution >= 4 is 11.9 Å². The van der Waals surface area contributed by atoms with Crippen LogP contribution >= 0.6 is 0 Å². The van der Waals surface area contributed by atoms with Gasteiger partial charge >= 0.3 is 0 Å². The third-order valence-electron chi connectivity index (χ3n) is 5.38. The number of nitrogens with one attached hydrogen (secondary N) is 2. The third-order valence-corrected chi connectivity index (χ3v) is 5.38. The van der Waals surface area contributed by atoms with Crippen molar-refractivity contribution < 1.29 is 4.79 Å². The van der Waals surface area contributed by atoms with Gasteiger partial charge in [-0.05, 0) is 44.8 Å². The molecule has 0 radical (unpaired) electrons. The largest absolute Gasteiger partial charge is 0.369 e. The van der Waals surface area contributed by atoms with Crippen LogP contribution in [0, 0.1) is 5.92 Å². The van der Waals surface area contributed by atoms with Crippen molar-refractivity contribution in [1.29, 1.82) is 0 Å². The topological polar surface area (TPSA) is 82.8 Å². The second-order valence-electron chi connectivity index (χ2n) is 8.27. The zero-order valence-corrected chi connectivity index (χ0v) is 17.7. The lowest BCUT2D eigenvalue weighted by Gasteiger charge is -2.31. The molecular formula is C22H37N5O. The first-order chi connectivity index (χ1) is 13.4. The SMILES string of the molecule is CCNC(=NCC(C)(C)c1ccccc1)NCCCN1CCCC(C(N)=O)C1. The van der Waals surface area contributed by atoms with Gasteiger partial charge in [-0.15, -0.1) is 0 Å². The van der Waals surface area contributed by atoms with Crippen molar-refractivity contribution in [2.24, 2.45) is 16.6 Å². The highest BCUT2D eigenvalue weighted by Gasteiger charge is 2.23. The monoisotopic (exact) mass is 387 g/mol. The van der Waals surface area contributed by atoms with E-state index < -0.39 is 0 Å². The second kappa shape index (κ2) is 11.1. The van der Waals surface area contributed by atoms with Gasteiger partial charge < -0.3 is 21.3 Å². The fourth-order valence-electron chi connectivity index (χ4n) is 3.60. The van der Waals surface area contributed by atoms with Crippen LogP contribution in [-0.2, 0) is 10.2 Å². The predicted octanol–water partition coefficient (Wildman–Crippen LogP) is 2.11. The van der Waals surface area contributed by atoms with Crippen molar-refractivity contribution in [2.75, 3.05) is 39.3 Å². The second-order valence-corrected chi connectivity index (χ2v) is 8.27. The van der Waals surface area contributed by atoms with Gasteiger partial charge in [0.2, 0.25) is 5.91 Å². The van der Waals surface area contributed by atoms with Gasteiger partial charge in [0.05, 0.1) is 12.5 Å². The molecule has 1 aromatic carbocycles. The number of carbonyl (C=O) groups is 1. The van der Waals surface area contributed by atoms with Crippen molar-refractivity contribution in [3.05, 3.63) is 35.9 Å². The Labute approximate surface area is 170 Å². The minimum atomic E-state index is -0.162. The molecule has 1 aliphatic rings. The van der Waals surface area contributed by atoms with E-state index in [-0.39, 0.29) is 17.2 Å². The van der Waals surface area contributed by atoms with Crippen molar-refractivity contribution in [3.63, 3.8) is 0 Å². The van der Waals surface area contributed by atoms with E-state index >= 15 is 0 Å². The number of benzene rings is 1. The molecule has 6 nitrogen and oxygen atoms in total. The summed E-state index contributed by atoms with van der Waals surface area (Å²) in [5, 5.41) is 6.77. The predicted molar refractivity (Wildman–Crippen MR) is 116 cm³/mol. The number of primary amides is 1. The molecule has 0 aliphatic carbocycles. The highest BCUT2D eigenvalue weighted by Crippen LogP contribution is 2.23. The van der Waals surface area contributed by atoms with Crippen molar-refractivity contribution in [2.45, 2.75) is 45.4 Å². The molecular weight excluding hydrogens is 350 g/mol. The van der Waals surface area contributed by atoms with Crippen LogP contribution in [-0.4, -0.2) is 56.0 Å². The molecule has 1 heterocycles. The minimum absolute atomic E-state index is 0.0127. The zero-order chi connectivity index (χ0) is 20.4. The Hall–Kier alpha value is -2.08. The number of nitrogens with two attached hydrogens (primary N) is 1. The summed E-state index contributed by atoms with van der Waals surface area (Å²) in [5.74, 6) is 0.714. The first-order valence-electron chi connectivity index (χ1n) is 10.5. The highest BCUT2D eigenvalue weighted by molar-refractivity contribution is 5.79. The van der Waals surface area contributed by atoms with E-state index in [0.29, 0.717) is 0 Å². The lowest BCUT2D eigenvalue weighted by Crippen LogP contribution is -2.43. The molecule has 6 heteroatoms. The minimum Gasteiger partial charge on any atom is -0.369 e. The van der Waals surface area contributed by atoms with Gasteiger partial charge in [-0.3, -0.25) is 9.79 Å². The number of aliphatic imine (C=N–C) groups is 1. The summed E-state index contributed by atoms with van der Waals surface area (Å²) < 4.78 is 0. The van der Waals surface area contributed by atoms with Crippen LogP contribution in [0.15, 0.2) is 35.3 Å². The highest BCUT2D eigenvalue weighted by atomic mass is 16.1. The van der Waals surface area contributed by atoms with E-state index in [4.69, 9.17) is 10.7 Å². The van der Waals surface area contributed by atoms with Crippen LogP contribution in [0.5, 0.6) is 0 Å². The molecule has 0 bridgehead atoms. The summed E-state index contributed by atoms with van der Waals surface area (Å²) in [6, 6.07) is 10.5. The molecule has 0 spiro atoms. The molecule has 4 N–H and O–H groups in total. The average molecular weight is 388 g/mol. The molecule has 1 atom stereocenters. The van der Waals surface area contributed by atoms with Crippen LogP contribution in [0.1, 0.15) is 45.6 Å². The fourth-order valence-corrected chi connectivity index (χ4v) is 3.60. The van der Waals surface area contributed by atoms with Crippen LogP contribution in [0.3, 0.4) is 0 Å². The van der Waals surface area contributed by atoms with Crippen molar-refractivity contribution in [1.82, 2.24) is 15.5 Å². The van der Waals surface area contributed by atoms with E-state index in [9.17, 15) is 4.79 Å². The maximum atomic E-state index is 11.4. The summed E-state index contributed by atoms with van der Waals surface area (Å²) in [6.45, 7) is 11.8. The Kier molecular flexibility index (Phi) is 8.77.